The van der Waals surface area contributed by atoms with E-state index in [0.717, 1.165) is 5.56 Å². The summed E-state index contributed by atoms with van der Waals surface area (Å²) >= 11 is 1.55. The average Bonchev–Trinajstić information content (AvgIpc) is 3.09. The zero-order valence-corrected chi connectivity index (χ0v) is 13.2. The van der Waals surface area contributed by atoms with Gasteiger partial charge in [-0.2, -0.15) is 21.5 Å². The number of aromatic nitrogens is 2. The largest absolute Gasteiger partial charge is 0.292 e. The van der Waals surface area contributed by atoms with Crippen LogP contribution in [0.1, 0.15) is 23.0 Å². The zero-order valence-electron chi connectivity index (χ0n) is 12.4. The molecular formula is C16H14N4O2S. The van der Waals surface area contributed by atoms with Gasteiger partial charge < -0.3 is 0 Å². The highest BCUT2D eigenvalue weighted by Gasteiger charge is 2.15. The summed E-state index contributed by atoms with van der Waals surface area (Å²) in [6.45, 7) is 2.20. The van der Waals surface area contributed by atoms with Gasteiger partial charge >= 0.3 is 0 Å². The van der Waals surface area contributed by atoms with Crippen molar-refractivity contribution in [3.05, 3.63) is 62.7 Å². The minimum absolute atomic E-state index is 0.185. The van der Waals surface area contributed by atoms with Gasteiger partial charge in [0.2, 0.25) is 0 Å². The molecule has 116 valence electrons. The second-order valence-electron chi connectivity index (χ2n) is 4.77. The molecule has 1 N–H and O–H groups in total. The van der Waals surface area contributed by atoms with Crippen molar-refractivity contribution in [1.82, 2.24) is 15.2 Å². The minimum Gasteiger partial charge on any atom is -0.267 e. The molecule has 3 aromatic rings. The maximum atomic E-state index is 12.4. The SMILES string of the molecule is CCn1nc(C(=O)N/N=C/c2ccsc2)c2ccccc2c1=O. The molecule has 1 aromatic carbocycles. The van der Waals surface area contributed by atoms with Crippen LogP contribution >= 0.6 is 11.3 Å². The van der Waals surface area contributed by atoms with Gasteiger partial charge in [0, 0.05) is 17.5 Å². The zero-order chi connectivity index (χ0) is 16.2. The number of fused-ring (bicyclic) bond motifs is 1. The Kier molecular flexibility index (Phi) is 4.29. The lowest BCUT2D eigenvalue weighted by atomic mass is 10.1. The highest BCUT2D eigenvalue weighted by atomic mass is 32.1. The van der Waals surface area contributed by atoms with Crippen LogP contribution in [-0.2, 0) is 6.54 Å². The third kappa shape index (κ3) is 3.04. The minimum atomic E-state index is -0.449. The first-order valence-electron chi connectivity index (χ1n) is 7.06. The number of carbonyl (C=O) groups is 1. The average molecular weight is 326 g/mol. The normalized spacial score (nSPS) is 11.2. The van der Waals surface area contributed by atoms with Gasteiger partial charge in [0.25, 0.3) is 11.5 Å². The summed E-state index contributed by atoms with van der Waals surface area (Å²) in [6, 6.07) is 8.83. The van der Waals surface area contributed by atoms with Crippen LogP contribution in [0, 0.1) is 0 Å². The molecule has 0 spiro atoms. The van der Waals surface area contributed by atoms with E-state index in [1.807, 2.05) is 16.8 Å². The van der Waals surface area contributed by atoms with Crippen LogP contribution in [0.25, 0.3) is 10.8 Å². The summed E-state index contributed by atoms with van der Waals surface area (Å²) in [5, 5.41) is 12.9. The van der Waals surface area contributed by atoms with Crippen molar-refractivity contribution in [3.8, 4) is 0 Å². The number of rotatable bonds is 4. The molecule has 23 heavy (non-hydrogen) atoms. The lowest BCUT2D eigenvalue weighted by Crippen LogP contribution is -2.28. The molecule has 6 nitrogen and oxygen atoms in total. The van der Waals surface area contributed by atoms with Gasteiger partial charge in [0.15, 0.2) is 5.69 Å². The molecule has 0 aliphatic rings. The lowest BCUT2D eigenvalue weighted by molar-refractivity contribution is 0.0949. The molecule has 0 unspecified atom stereocenters. The van der Waals surface area contributed by atoms with Crippen LogP contribution in [0.5, 0.6) is 0 Å². The number of benzene rings is 1. The Balaban J connectivity index is 1.97. The first-order chi connectivity index (χ1) is 11.2. The smallest absolute Gasteiger partial charge is 0.267 e. The summed E-state index contributed by atoms with van der Waals surface area (Å²) in [7, 11) is 0. The summed E-state index contributed by atoms with van der Waals surface area (Å²) in [5.74, 6) is -0.449. The number of nitrogens with zero attached hydrogens (tertiary/aromatic N) is 3. The summed E-state index contributed by atoms with van der Waals surface area (Å²) in [6.07, 6.45) is 1.56. The van der Waals surface area contributed by atoms with E-state index < -0.39 is 5.91 Å². The number of carbonyl (C=O) groups excluding carboxylic acids is 1. The van der Waals surface area contributed by atoms with Crippen LogP contribution in [0.4, 0.5) is 0 Å². The van der Waals surface area contributed by atoms with Gasteiger partial charge in [0.1, 0.15) is 0 Å². The Hall–Kier alpha value is -2.80. The fourth-order valence-electron chi connectivity index (χ4n) is 2.18. The van der Waals surface area contributed by atoms with E-state index in [1.54, 1.807) is 48.7 Å². The molecule has 0 saturated heterocycles. The van der Waals surface area contributed by atoms with Crippen LogP contribution in [0.3, 0.4) is 0 Å². The maximum Gasteiger partial charge on any atom is 0.292 e. The highest BCUT2D eigenvalue weighted by Crippen LogP contribution is 2.13. The van der Waals surface area contributed by atoms with E-state index in [4.69, 9.17) is 0 Å². The first-order valence-corrected chi connectivity index (χ1v) is 8.00. The van der Waals surface area contributed by atoms with Gasteiger partial charge in [0.05, 0.1) is 11.6 Å². The Morgan fingerprint density at radius 1 is 1.35 bits per heavy atom. The van der Waals surface area contributed by atoms with Crippen molar-refractivity contribution < 1.29 is 4.79 Å². The topological polar surface area (TPSA) is 76.3 Å². The molecule has 0 radical (unpaired) electrons. The number of hydrogen-bond donors (Lipinski definition) is 1. The van der Waals surface area contributed by atoms with E-state index in [2.05, 4.69) is 15.6 Å². The molecule has 0 aliphatic carbocycles. The molecule has 0 saturated carbocycles. The maximum absolute atomic E-state index is 12.4. The Morgan fingerprint density at radius 3 is 2.83 bits per heavy atom. The molecule has 0 aliphatic heterocycles. The van der Waals surface area contributed by atoms with E-state index in [0.29, 0.717) is 17.3 Å². The standard InChI is InChI=1S/C16H14N4O2S/c1-2-20-16(22)13-6-4-3-5-12(13)14(19-20)15(21)18-17-9-11-7-8-23-10-11/h3-10H,2H2,1H3,(H,18,21)/b17-9+. The predicted molar refractivity (Wildman–Crippen MR) is 91.1 cm³/mol. The van der Waals surface area contributed by atoms with Gasteiger partial charge in [-0.05, 0) is 29.8 Å². The Morgan fingerprint density at radius 2 is 2.13 bits per heavy atom. The monoisotopic (exact) mass is 326 g/mol. The van der Waals surface area contributed by atoms with Crippen molar-refractivity contribution in [2.75, 3.05) is 0 Å². The number of thiophene rings is 1. The molecule has 0 atom stereocenters. The third-order valence-electron chi connectivity index (χ3n) is 3.31. The van der Waals surface area contributed by atoms with Crippen molar-refractivity contribution in [3.63, 3.8) is 0 Å². The molecule has 7 heteroatoms. The third-order valence-corrected chi connectivity index (χ3v) is 4.01. The summed E-state index contributed by atoms with van der Waals surface area (Å²) < 4.78 is 1.28. The molecule has 2 aromatic heterocycles. The van der Waals surface area contributed by atoms with Gasteiger partial charge in [-0.3, -0.25) is 9.59 Å². The molecular weight excluding hydrogens is 312 g/mol. The fourth-order valence-corrected chi connectivity index (χ4v) is 2.79. The van der Waals surface area contributed by atoms with Crippen molar-refractivity contribution in [1.29, 1.82) is 0 Å². The van der Waals surface area contributed by atoms with Crippen LogP contribution < -0.4 is 11.0 Å². The summed E-state index contributed by atoms with van der Waals surface area (Å²) in [5.41, 5.74) is 3.34. The Labute approximate surface area is 136 Å². The van der Waals surface area contributed by atoms with Crippen LogP contribution in [0.2, 0.25) is 0 Å². The number of amides is 1. The van der Waals surface area contributed by atoms with Crippen molar-refractivity contribution in [2.24, 2.45) is 5.10 Å². The lowest BCUT2D eigenvalue weighted by Gasteiger charge is -2.08. The number of hydrogen-bond acceptors (Lipinski definition) is 5. The Bertz CT molecular complexity index is 929. The molecule has 3 rings (SSSR count). The number of hydrazone groups is 1. The second-order valence-corrected chi connectivity index (χ2v) is 5.55. The van der Waals surface area contributed by atoms with E-state index in [-0.39, 0.29) is 11.3 Å². The first kappa shape index (κ1) is 15.1. The highest BCUT2D eigenvalue weighted by molar-refractivity contribution is 7.08. The van der Waals surface area contributed by atoms with Crippen LogP contribution in [-0.4, -0.2) is 21.9 Å². The predicted octanol–water partition coefficient (Wildman–Crippen LogP) is 2.24. The van der Waals surface area contributed by atoms with Gasteiger partial charge in [-0.1, -0.05) is 18.2 Å². The fraction of sp³-hybridized carbons (Fsp3) is 0.125. The molecule has 0 bridgehead atoms. The van der Waals surface area contributed by atoms with Crippen molar-refractivity contribution in [2.45, 2.75) is 13.5 Å². The van der Waals surface area contributed by atoms with E-state index in [9.17, 15) is 9.59 Å². The molecule has 0 fully saturated rings. The number of aryl methyl sites for hydroxylation is 1. The van der Waals surface area contributed by atoms with Crippen molar-refractivity contribution >= 4 is 34.2 Å². The molecule has 2 heterocycles. The van der Waals surface area contributed by atoms with Crippen LogP contribution in [0.15, 0.2) is 51.0 Å². The second kappa shape index (κ2) is 6.53. The number of nitrogens with one attached hydrogen (secondary N) is 1. The van der Waals surface area contributed by atoms with Gasteiger partial charge in [-0.15, -0.1) is 0 Å². The van der Waals surface area contributed by atoms with Gasteiger partial charge in [-0.25, -0.2) is 10.1 Å². The van der Waals surface area contributed by atoms with E-state index >= 15 is 0 Å². The molecule has 1 amide bonds. The van der Waals surface area contributed by atoms with E-state index in [1.165, 1.54) is 4.68 Å². The quantitative estimate of drug-likeness (QED) is 0.590. The summed E-state index contributed by atoms with van der Waals surface area (Å²) in [4.78, 5) is 24.6.